The van der Waals surface area contributed by atoms with Crippen molar-refractivity contribution in [2.24, 2.45) is 7.05 Å². The van der Waals surface area contributed by atoms with Crippen molar-refractivity contribution >= 4 is 17.5 Å². The first-order valence-electron chi connectivity index (χ1n) is 12.7. The number of nitrogens with zero attached hydrogens (tertiary/aromatic N) is 4. The van der Waals surface area contributed by atoms with Gasteiger partial charge in [-0.05, 0) is 74.1 Å². The van der Waals surface area contributed by atoms with Gasteiger partial charge in [0.25, 0.3) is 11.8 Å². The van der Waals surface area contributed by atoms with Crippen LogP contribution in [0.25, 0.3) is 5.69 Å². The van der Waals surface area contributed by atoms with Gasteiger partial charge < -0.3 is 19.8 Å². The van der Waals surface area contributed by atoms with Gasteiger partial charge in [0.1, 0.15) is 11.5 Å². The lowest BCUT2D eigenvalue weighted by Gasteiger charge is -2.12. The molecule has 2 amide bonds. The molecule has 4 aromatic rings. The zero-order valence-corrected chi connectivity index (χ0v) is 22.0. The van der Waals surface area contributed by atoms with Crippen LogP contribution < -0.4 is 10.6 Å². The number of carbonyl (C=O) groups excluding carboxylic acids is 2. The van der Waals surface area contributed by atoms with Gasteiger partial charge >= 0.3 is 0 Å². The minimum absolute atomic E-state index is 0.184. The predicted octanol–water partition coefficient (Wildman–Crippen LogP) is 4.33. The summed E-state index contributed by atoms with van der Waals surface area (Å²) in [5, 5.41) is 5.97. The number of hydrogen-bond acceptors (Lipinski definition) is 4. The second-order valence-corrected chi connectivity index (χ2v) is 9.63. The Labute approximate surface area is 222 Å². The third-order valence-electron chi connectivity index (χ3n) is 6.56. The number of aromatic nitrogens is 4. The van der Waals surface area contributed by atoms with Crippen molar-refractivity contribution in [3.8, 4) is 17.5 Å². The Balaban J connectivity index is 1.35. The first-order chi connectivity index (χ1) is 18.3. The highest BCUT2D eigenvalue weighted by atomic mass is 16.2. The Bertz CT molecular complexity index is 1600. The first-order valence-corrected chi connectivity index (χ1v) is 12.7. The third-order valence-corrected chi connectivity index (χ3v) is 6.56. The molecule has 2 aromatic heterocycles. The summed E-state index contributed by atoms with van der Waals surface area (Å²) in [5.41, 5.74) is 5.51. The van der Waals surface area contributed by atoms with E-state index < -0.39 is 0 Å². The molecule has 0 aliphatic heterocycles. The number of benzene rings is 2. The van der Waals surface area contributed by atoms with E-state index in [0.29, 0.717) is 22.8 Å². The number of rotatable bonds is 6. The van der Waals surface area contributed by atoms with E-state index >= 15 is 0 Å². The fourth-order valence-electron chi connectivity index (χ4n) is 4.25. The lowest BCUT2D eigenvalue weighted by molar-refractivity contribution is 0.0936. The summed E-state index contributed by atoms with van der Waals surface area (Å²) in [6, 6.07) is 11.7. The average molecular weight is 507 g/mol. The maximum atomic E-state index is 13.2. The Morgan fingerprint density at radius 3 is 2.63 bits per heavy atom. The molecular formula is C30H30N6O2. The van der Waals surface area contributed by atoms with Crippen molar-refractivity contribution in [3.63, 3.8) is 0 Å². The molecule has 38 heavy (non-hydrogen) atoms. The maximum Gasteiger partial charge on any atom is 0.287 e. The summed E-state index contributed by atoms with van der Waals surface area (Å²) in [5.74, 6) is 7.15. The first kappa shape index (κ1) is 25.0. The van der Waals surface area contributed by atoms with Crippen LogP contribution in [0.3, 0.4) is 0 Å². The van der Waals surface area contributed by atoms with Gasteiger partial charge in [-0.25, -0.2) is 9.97 Å². The highest BCUT2D eigenvalue weighted by Crippen LogP contribution is 2.21. The van der Waals surface area contributed by atoms with Crippen LogP contribution in [0.2, 0.25) is 0 Å². The van der Waals surface area contributed by atoms with E-state index in [2.05, 4.69) is 45.4 Å². The Hall–Kier alpha value is -4.64. The van der Waals surface area contributed by atoms with Crippen molar-refractivity contribution in [1.29, 1.82) is 0 Å². The quantitative estimate of drug-likeness (QED) is 0.381. The molecule has 0 saturated heterocycles. The van der Waals surface area contributed by atoms with Gasteiger partial charge in [0, 0.05) is 54.4 Å². The molecule has 0 spiro atoms. The molecule has 0 radical (unpaired) electrons. The lowest BCUT2D eigenvalue weighted by atomic mass is 10.0. The number of carbonyl (C=O) groups is 2. The standard InChI is InChI=1S/C30H30N6O2/c1-5-27-31-12-13-36(27)26-15-19(2)14-24(17-26)34-29(37)22-7-6-20(3)21(16-22)8-11-25-18-32-28(35(25)4)30(38)33-23-9-10-23/h6-7,12-18,23H,5,9-10H2,1-4H3,(H,33,38)(H,34,37). The smallest absolute Gasteiger partial charge is 0.287 e. The van der Waals surface area contributed by atoms with E-state index in [9.17, 15) is 9.59 Å². The highest BCUT2D eigenvalue weighted by molar-refractivity contribution is 6.04. The lowest BCUT2D eigenvalue weighted by Crippen LogP contribution is -2.28. The van der Waals surface area contributed by atoms with Crippen LogP contribution in [0.15, 0.2) is 55.0 Å². The third kappa shape index (κ3) is 5.37. The molecule has 2 aromatic carbocycles. The fraction of sp³-hybridized carbons (Fsp3) is 0.267. The van der Waals surface area contributed by atoms with Gasteiger partial charge in [0.05, 0.1) is 6.20 Å². The molecule has 0 atom stereocenters. The van der Waals surface area contributed by atoms with Crippen molar-refractivity contribution in [2.75, 3.05) is 5.32 Å². The second-order valence-electron chi connectivity index (χ2n) is 9.63. The van der Waals surface area contributed by atoms with Gasteiger partial charge in [-0.1, -0.05) is 18.9 Å². The van der Waals surface area contributed by atoms with E-state index in [1.165, 1.54) is 0 Å². The molecule has 1 saturated carbocycles. The zero-order valence-electron chi connectivity index (χ0n) is 22.0. The minimum atomic E-state index is -0.217. The van der Waals surface area contributed by atoms with Crippen LogP contribution in [0.1, 0.15) is 69.0 Å². The van der Waals surface area contributed by atoms with Crippen LogP contribution in [-0.4, -0.2) is 37.0 Å². The maximum absolute atomic E-state index is 13.2. The summed E-state index contributed by atoms with van der Waals surface area (Å²) in [6.07, 6.45) is 8.14. The SMILES string of the molecule is CCc1nccn1-c1cc(C)cc(NC(=O)c2ccc(C)c(C#Cc3cnc(C(=O)NC4CC4)n3C)c2)c1. The van der Waals surface area contributed by atoms with Gasteiger partial charge in [-0.15, -0.1) is 0 Å². The topological polar surface area (TPSA) is 93.8 Å². The largest absolute Gasteiger partial charge is 0.347 e. The summed E-state index contributed by atoms with van der Waals surface area (Å²) < 4.78 is 3.72. The normalized spacial score (nSPS) is 12.5. The van der Waals surface area contributed by atoms with Crippen LogP contribution in [0.5, 0.6) is 0 Å². The minimum Gasteiger partial charge on any atom is -0.347 e. The van der Waals surface area contributed by atoms with Crippen LogP contribution >= 0.6 is 0 Å². The number of anilines is 1. The number of amides is 2. The molecule has 8 nitrogen and oxygen atoms in total. The number of hydrogen-bond donors (Lipinski definition) is 2. The molecule has 2 N–H and O–H groups in total. The molecule has 1 aliphatic carbocycles. The van der Waals surface area contributed by atoms with Gasteiger partial charge in [0.15, 0.2) is 5.82 Å². The molecule has 0 unspecified atom stereocenters. The average Bonchev–Trinajstić information content (AvgIpc) is 3.43. The number of imidazole rings is 2. The molecule has 2 heterocycles. The van der Waals surface area contributed by atoms with E-state index in [1.54, 1.807) is 36.1 Å². The highest BCUT2D eigenvalue weighted by Gasteiger charge is 2.25. The van der Waals surface area contributed by atoms with Gasteiger partial charge in [0.2, 0.25) is 0 Å². The van der Waals surface area contributed by atoms with E-state index in [1.807, 2.05) is 42.8 Å². The fourth-order valence-corrected chi connectivity index (χ4v) is 4.25. The zero-order chi connectivity index (χ0) is 26.8. The molecule has 8 heteroatoms. The second kappa shape index (κ2) is 10.4. The van der Waals surface area contributed by atoms with Crippen molar-refractivity contribution in [3.05, 3.63) is 94.6 Å². The molecule has 1 aliphatic rings. The van der Waals surface area contributed by atoms with Crippen molar-refractivity contribution in [2.45, 2.75) is 46.1 Å². The summed E-state index contributed by atoms with van der Waals surface area (Å²) in [7, 11) is 1.78. The Kier molecular flexibility index (Phi) is 6.84. The summed E-state index contributed by atoms with van der Waals surface area (Å²) >= 11 is 0. The van der Waals surface area contributed by atoms with Crippen molar-refractivity contribution in [1.82, 2.24) is 24.4 Å². The molecule has 1 fully saturated rings. The predicted molar refractivity (Wildman–Crippen MR) is 146 cm³/mol. The van der Waals surface area contributed by atoms with Gasteiger partial charge in [-0.2, -0.15) is 0 Å². The van der Waals surface area contributed by atoms with E-state index in [-0.39, 0.29) is 17.9 Å². The number of aryl methyl sites for hydroxylation is 3. The molecule has 5 rings (SSSR count). The molecular weight excluding hydrogens is 476 g/mol. The van der Waals surface area contributed by atoms with Crippen LogP contribution in [0, 0.1) is 25.7 Å². The number of nitrogens with one attached hydrogen (secondary N) is 2. The Morgan fingerprint density at radius 2 is 1.87 bits per heavy atom. The van der Waals surface area contributed by atoms with Crippen molar-refractivity contribution < 1.29 is 9.59 Å². The summed E-state index contributed by atoms with van der Waals surface area (Å²) in [4.78, 5) is 34.2. The van der Waals surface area contributed by atoms with Crippen LogP contribution in [0.4, 0.5) is 5.69 Å². The molecule has 192 valence electrons. The van der Waals surface area contributed by atoms with Gasteiger partial charge in [-0.3, -0.25) is 9.59 Å². The van der Waals surface area contributed by atoms with E-state index in [0.717, 1.165) is 47.5 Å². The monoisotopic (exact) mass is 506 g/mol. The summed E-state index contributed by atoms with van der Waals surface area (Å²) in [6.45, 7) is 6.02. The Morgan fingerprint density at radius 1 is 1.05 bits per heavy atom. The molecule has 0 bridgehead atoms. The van der Waals surface area contributed by atoms with Crippen LogP contribution in [-0.2, 0) is 13.5 Å². The van der Waals surface area contributed by atoms with E-state index in [4.69, 9.17) is 0 Å².